The molecule has 0 saturated carbocycles. The quantitative estimate of drug-likeness (QED) is 0.344. The van der Waals surface area contributed by atoms with Crippen molar-refractivity contribution in [1.82, 2.24) is 0 Å². The molecule has 3 aromatic carbocycles. The average molecular weight is 409 g/mol. The number of benzene rings is 3. The molecular weight excluding hydrogens is 399 g/mol. The van der Waals surface area contributed by atoms with Crippen LogP contribution in [-0.2, 0) is 0 Å². The maximum atomic E-state index is 14.0. The molecule has 0 aliphatic rings. The molecule has 0 bridgehead atoms. The molecule has 0 spiro atoms. The number of rotatable bonds is 3. The van der Waals surface area contributed by atoms with Crippen molar-refractivity contribution < 1.29 is 26.7 Å². The van der Waals surface area contributed by atoms with E-state index in [0.29, 0.717) is 22.3 Å². The van der Waals surface area contributed by atoms with E-state index in [1.165, 1.54) is 24.3 Å². The van der Waals surface area contributed by atoms with Gasteiger partial charge in [-0.25, -0.2) is 8.78 Å². The molecule has 0 fully saturated rings. The van der Waals surface area contributed by atoms with Gasteiger partial charge in [-0.2, -0.15) is 0 Å². The zero-order valence-corrected chi connectivity index (χ0v) is 14.7. The van der Waals surface area contributed by atoms with Crippen molar-refractivity contribution in [3.63, 3.8) is 0 Å². The largest absolute Gasteiger partial charge is 0.573 e. The van der Waals surface area contributed by atoms with Crippen LogP contribution < -0.4 is 4.74 Å². The highest BCUT2D eigenvalue weighted by atomic mass is 35.5. The summed E-state index contributed by atoms with van der Waals surface area (Å²) in [6, 6.07) is 14.4. The fourth-order valence-corrected chi connectivity index (χ4v) is 2.71. The van der Waals surface area contributed by atoms with Crippen molar-refractivity contribution in [2.45, 2.75) is 6.36 Å². The lowest BCUT2D eigenvalue weighted by Gasteiger charge is -2.10. The van der Waals surface area contributed by atoms with E-state index >= 15 is 0 Å². The Hall–Kier alpha value is -3.04. The summed E-state index contributed by atoms with van der Waals surface area (Å²) < 4.78 is 68.4. The van der Waals surface area contributed by atoms with E-state index in [2.05, 4.69) is 10.7 Å². The van der Waals surface area contributed by atoms with Crippen molar-refractivity contribution in [2.75, 3.05) is 0 Å². The Labute approximate surface area is 162 Å². The Morgan fingerprint density at radius 1 is 0.714 bits per heavy atom. The number of halogens is 6. The molecule has 0 amide bonds. The van der Waals surface area contributed by atoms with Gasteiger partial charge in [-0.3, -0.25) is 0 Å². The molecule has 0 atom stereocenters. The lowest BCUT2D eigenvalue weighted by atomic mass is 9.99. The molecule has 3 aromatic rings. The van der Waals surface area contributed by atoms with E-state index in [9.17, 15) is 22.0 Å². The summed E-state index contributed by atoms with van der Waals surface area (Å²) in [7, 11) is 0. The average Bonchev–Trinajstić information content (AvgIpc) is 2.64. The van der Waals surface area contributed by atoms with Crippen LogP contribution in [0.25, 0.3) is 22.3 Å². The lowest BCUT2D eigenvalue weighted by Crippen LogP contribution is -2.16. The second kappa shape index (κ2) is 7.91. The van der Waals surface area contributed by atoms with Crippen LogP contribution in [0.15, 0.2) is 60.7 Å². The SMILES string of the molecule is Fc1cc(-c2ccc(-c3ccc(OC(F)(F)F)cc3)cc2)cc(F)c1C#CCl. The van der Waals surface area contributed by atoms with Gasteiger partial charge in [0, 0.05) is 5.38 Å². The van der Waals surface area contributed by atoms with Crippen LogP contribution in [-0.4, -0.2) is 6.36 Å². The third kappa shape index (κ3) is 4.62. The van der Waals surface area contributed by atoms with E-state index < -0.39 is 23.6 Å². The molecule has 3 rings (SSSR count). The topological polar surface area (TPSA) is 9.23 Å². The Morgan fingerprint density at radius 2 is 1.14 bits per heavy atom. The molecule has 0 aromatic heterocycles. The summed E-state index contributed by atoms with van der Waals surface area (Å²) in [4.78, 5) is 0. The van der Waals surface area contributed by atoms with Gasteiger partial charge in [0.05, 0.1) is 5.56 Å². The van der Waals surface area contributed by atoms with E-state index in [0.717, 1.165) is 12.1 Å². The summed E-state index contributed by atoms with van der Waals surface area (Å²) >= 11 is 5.20. The molecular formula is C21H10ClF5O. The van der Waals surface area contributed by atoms with Crippen molar-refractivity contribution in [2.24, 2.45) is 0 Å². The third-order valence-corrected chi connectivity index (χ3v) is 3.95. The van der Waals surface area contributed by atoms with Gasteiger partial charge in [-0.15, -0.1) is 13.2 Å². The number of alkyl halides is 3. The Morgan fingerprint density at radius 3 is 1.57 bits per heavy atom. The van der Waals surface area contributed by atoms with Gasteiger partial charge >= 0.3 is 6.36 Å². The summed E-state index contributed by atoms with van der Waals surface area (Å²) in [6.07, 6.45) is -4.75. The van der Waals surface area contributed by atoms with Crippen molar-refractivity contribution in [1.29, 1.82) is 0 Å². The van der Waals surface area contributed by atoms with Gasteiger partial charge in [0.25, 0.3) is 0 Å². The van der Waals surface area contributed by atoms with Crippen LogP contribution in [0.5, 0.6) is 5.75 Å². The van der Waals surface area contributed by atoms with Gasteiger partial charge in [-0.1, -0.05) is 36.4 Å². The first-order chi connectivity index (χ1) is 13.3. The molecule has 0 aliphatic carbocycles. The molecule has 7 heteroatoms. The Bertz CT molecular complexity index is 1020. The first kappa shape index (κ1) is 19.7. The van der Waals surface area contributed by atoms with Crippen molar-refractivity contribution >= 4 is 11.6 Å². The van der Waals surface area contributed by atoms with Gasteiger partial charge in [0.15, 0.2) is 0 Å². The predicted molar refractivity (Wildman–Crippen MR) is 96.6 cm³/mol. The maximum Gasteiger partial charge on any atom is 0.573 e. The highest BCUT2D eigenvalue weighted by Crippen LogP contribution is 2.29. The molecule has 0 heterocycles. The summed E-state index contributed by atoms with van der Waals surface area (Å²) in [5.74, 6) is 0.184. The number of hydrogen-bond acceptors (Lipinski definition) is 1. The first-order valence-electron chi connectivity index (χ1n) is 7.84. The monoisotopic (exact) mass is 408 g/mol. The zero-order chi connectivity index (χ0) is 20.3. The van der Waals surface area contributed by atoms with Crippen LogP contribution in [0.1, 0.15) is 5.56 Å². The molecule has 0 saturated heterocycles. The van der Waals surface area contributed by atoms with E-state index in [1.807, 2.05) is 5.38 Å². The van der Waals surface area contributed by atoms with Gasteiger partial charge in [0.2, 0.25) is 0 Å². The molecule has 0 aliphatic heterocycles. The first-order valence-corrected chi connectivity index (χ1v) is 8.22. The van der Waals surface area contributed by atoms with Gasteiger partial charge < -0.3 is 4.74 Å². The molecule has 0 N–H and O–H groups in total. The molecule has 142 valence electrons. The second-order valence-corrected chi connectivity index (χ2v) is 5.87. The highest BCUT2D eigenvalue weighted by Gasteiger charge is 2.30. The fraction of sp³-hybridized carbons (Fsp3) is 0.0476. The number of hydrogen-bond donors (Lipinski definition) is 0. The highest BCUT2D eigenvalue weighted by molar-refractivity contribution is 6.30. The van der Waals surface area contributed by atoms with Crippen LogP contribution in [0, 0.1) is 22.9 Å². The Balaban J connectivity index is 1.85. The van der Waals surface area contributed by atoms with Crippen molar-refractivity contribution in [3.05, 3.63) is 77.9 Å². The predicted octanol–water partition coefficient (Wildman–Crippen LogP) is 6.75. The fourth-order valence-electron chi connectivity index (χ4n) is 2.61. The summed E-state index contributed by atoms with van der Waals surface area (Å²) in [6.45, 7) is 0. The number of ether oxygens (including phenoxy) is 1. The smallest absolute Gasteiger partial charge is 0.406 e. The van der Waals surface area contributed by atoms with Crippen molar-refractivity contribution in [3.8, 4) is 39.3 Å². The minimum Gasteiger partial charge on any atom is -0.406 e. The van der Waals surface area contributed by atoms with Crippen LogP contribution in [0.3, 0.4) is 0 Å². The molecule has 0 radical (unpaired) electrons. The van der Waals surface area contributed by atoms with Crippen LogP contribution >= 0.6 is 11.6 Å². The second-order valence-electron chi connectivity index (χ2n) is 5.68. The van der Waals surface area contributed by atoms with E-state index in [-0.39, 0.29) is 5.75 Å². The van der Waals surface area contributed by atoms with Gasteiger partial charge in [-0.05, 0) is 64.0 Å². The third-order valence-electron chi connectivity index (χ3n) is 3.85. The standard InChI is InChI=1S/C21H10ClF5O/c22-10-9-18-19(23)11-16(12-20(18)24)15-3-1-13(2-4-15)14-5-7-17(8-6-14)28-21(25,26)27/h1-8,11-12H. The van der Waals surface area contributed by atoms with Crippen LogP contribution in [0.2, 0.25) is 0 Å². The minimum absolute atomic E-state index is 0.315. The molecule has 28 heavy (non-hydrogen) atoms. The summed E-state index contributed by atoms with van der Waals surface area (Å²) in [5, 5.41) is 1.94. The van der Waals surface area contributed by atoms with Gasteiger partial charge in [0.1, 0.15) is 17.4 Å². The van der Waals surface area contributed by atoms with E-state index in [4.69, 9.17) is 11.6 Å². The minimum atomic E-state index is -4.75. The molecule has 1 nitrogen and oxygen atoms in total. The molecule has 0 unspecified atom stereocenters. The maximum absolute atomic E-state index is 14.0. The summed E-state index contributed by atoms with van der Waals surface area (Å²) in [5.41, 5.74) is 1.84. The zero-order valence-electron chi connectivity index (χ0n) is 13.9. The normalized spacial score (nSPS) is 10.9. The Kier molecular flexibility index (Phi) is 5.57. The van der Waals surface area contributed by atoms with Crippen LogP contribution in [0.4, 0.5) is 22.0 Å². The van der Waals surface area contributed by atoms with E-state index in [1.54, 1.807) is 24.3 Å². The lowest BCUT2D eigenvalue weighted by molar-refractivity contribution is -0.274.